The van der Waals surface area contributed by atoms with Crippen LogP contribution >= 0.6 is 0 Å². The molecule has 2 rings (SSSR count). The number of benzene rings is 1. The van der Waals surface area contributed by atoms with E-state index in [2.05, 4.69) is 4.74 Å². The summed E-state index contributed by atoms with van der Waals surface area (Å²) < 4.78 is 9.44. The lowest BCUT2D eigenvalue weighted by atomic mass is 10.2. The molecule has 0 amide bonds. The number of hydrogen-bond acceptors (Lipinski definition) is 5. The van der Waals surface area contributed by atoms with E-state index in [0.717, 1.165) is 13.2 Å². The average molecular weight is 238 g/mol. The summed E-state index contributed by atoms with van der Waals surface area (Å²) in [5.41, 5.74) is 12.2. The van der Waals surface area contributed by atoms with Crippen molar-refractivity contribution in [2.75, 3.05) is 31.8 Å². The van der Waals surface area contributed by atoms with Crippen molar-refractivity contribution >= 4 is 17.3 Å². The Morgan fingerprint density at radius 3 is 2.29 bits per heavy atom. The Labute approximate surface area is 101 Å². The van der Waals surface area contributed by atoms with Crippen LogP contribution in [0.1, 0.15) is 23.2 Å². The Hall–Kier alpha value is -1.75. The van der Waals surface area contributed by atoms with Crippen LogP contribution in [0.4, 0.5) is 11.4 Å². The molecule has 0 saturated carbocycles. The van der Waals surface area contributed by atoms with Crippen molar-refractivity contribution in [1.82, 2.24) is 0 Å². The first-order valence-electron chi connectivity index (χ1n) is 5.46. The van der Waals surface area contributed by atoms with Gasteiger partial charge < -0.3 is 20.9 Å². The Morgan fingerprint density at radius 1 is 1.24 bits per heavy atom. The molecule has 1 aromatic rings. The maximum Gasteiger partial charge on any atom is 0.337 e. The van der Waals surface area contributed by atoms with Gasteiger partial charge in [-0.15, -0.1) is 0 Å². The van der Waals surface area contributed by atoms with Crippen LogP contribution in [-0.2, 0) is 9.47 Å². The Kier molecular flexibility index (Phi) is 5.29. The monoisotopic (exact) mass is 238 g/mol. The topological polar surface area (TPSA) is 87.6 Å². The van der Waals surface area contributed by atoms with Crippen molar-refractivity contribution in [2.45, 2.75) is 12.8 Å². The molecule has 94 valence electrons. The summed E-state index contributed by atoms with van der Waals surface area (Å²) in [4.78, 5) is 11.0. The van der Waals surface area contributed by atoms with Gasteiger partial charge in [0.25, 0.3) is 0 Å². The normalized spacial score (nSPS) is 13.7. The third kappa shape index (κ3) is 4.32. The van der Waals surface area contributed by atoms with Crippen molar-refractivity contribution in [3.8, 4) is 0 Å². The van der Waals surface area contributed by atoms with E-state index < -0.39 is 5.97 Å². The molecule has 1 saturated heterocycles. The molecular weight excluding hydrogens is 220 g/mol. The maximum absolute atomic E-state index is 11.0. The van der Waals surface area contributed by atoms with Crippen LogP contribution in [0.3, 0.4) is 0 Å². The van der Waals surface area contributed by atoms with Gasteiger partial charge in [0.1, 0.15) is 0 Å². The fourth-order valence-corrected chi connectivity index (χ4v) is 1.33. The minimum atomic E-state index is -0.415. The summed E-state index contributed by atoms with van der Waals surface area (Å²) in [7, 11) is 1.31. The predicted octanol–water partition coefficient (Wildman–Crippen LogP) is 1.43. The standard InChI is InChI=1S/C8H10N2O2.C4H8O/c1-12-8(11)5-2-3-6(9)7(10)4-5;1-2-4-5-3-1/h2-4H,9-10H2,1H3;1-4H2. The Bertz CT molecular complexity index is 368. The highest BCUT2D eigenvalue weighted by Crippen LogP contribution is 2.16. The van der Waals surface area contributed by atoms with Gasteiger partial charge in [0, 0.05) is 13.2 Å². The van der Waals surface area contributed by atoms with E-state index in [9.17, 15) is 4.79 Å². The number of ether oxygens (including phenoxy) is 2. The summed E-state index contributed by atoms with van der Waals surface area (Å²) >= 11 is 0. The van der Waals surface area contributed by atoms with E-state index in [4.69, 9.17) is 16.2 Å². The maximum atomic E-state index is 11.0. The lowest BCUT2D eigenvalue weighted by molar-refractivity contribution is 0.0601. The molecule has 1 heterocycles. The Morgan fingerprint density at radius 2 is 1.88 bits per heavy atom. The van der Waals surface area contributed by atoms with Crippen LogP contribution < -0.4 is 11.5 Å². The second-order valence-electron chi connectivity index (χ2n) is 3.65. The van der Waals surface area contributed by atoms with Gasteiger partial charge >= 0.3 is 5.97 Å². The number of carbonyl (C=O) groups is 1. The molecule has 1 aromatic carbocycles. The van der Waals surface area contributed by atoms with Crippen LogP contribution in [0.15, 0.2) is 18.2 Å². The van der Waals surface area contributed by atoms with Crippen molar-refractivity contribution in [3.05, 3.63) is 23.8 Å². The number of rotatable bonds is 1. The van der Waals surface area contributed by atoms with E-state index in [1.165, 1.54) is 26.0 Å². The van der Waals surface area contributed by atoms with Gasteiger partial charge in [-0.2, -0.15) is 0 Å². The first-order chi connectivity index (χ1) is 8.15. The fraction of sp³-hybridized carbons (Fsp3) is 0.417. The number of methoxy groups -OCH3 is 1. The quantitative estimate of drug-likeness (QED) is 0.571. The van der Waals surface area contributed by atoms with Gasteiger partial charge in [0.2, 0.25) is 0 Å². The molecule has 17 heavy (non-hydrogen) atoms. The summed E-state index contributed by atoms with van der Waals surface area (Å²) in [6.45, 7) is 2.00. The lowest BCUT2D eigenvalue weighted by Gasteiger charge is -2.02. The highest BCUT2D eigenvalue weighted by atomic mass is 16.5. The third-order valence-corrected chi connectivity index (χ3v) is 2.34. The molecule has 5 nitrogen and oxygen atoms in total. The average Bonchev–Trinajstić information content (AvgIpc) is 2.90. The van der Waals surface area contributed by atoms with Crippen LogP contribution in [0.2, 0.25) is 0 Å². The molecule has 1 fully saturated rings. The van der Waals surface area contributed by atoms with Crippen molar-refractivity contribution in [3.63, 3.8) is 0 Å². The first-order valence-corrected chi connectivity index (χ1v) is 5.46. The molecule has 0 aromatic heterocycles. The van der Waals surface area contributed by atoms with Crippen LogP contribution in [0.5, 0.6) is 0 Å². The van der Waals surface area contributed by atoms with E-state index in [-0.39, 0.29) is 0 Å². The van der Waals surface area contributed by atoms with E-state index in [0.29, 0.717) is 16.9 Å². The van der Waals surface area contributed by atoms with Crippen molar-refractivity contribution in [2.24, 2.45) is 0 Å². The summed E-state index contributed by atoms with van der Waals surface area (Å²) in [6.07, 6.45) is 2.56. The number of carbonyl (C=O) groups excluding carboxylic acids is 1. The fourth-order valence-electron chi connectivity index (χ4n) is 1.33. The zero-order valence-electron chi connectivity index (χ0n) is 9.94. The molecule has 1 aliphatic rings. The van der Waals surface area contributed by atoms with Gasteiger partial charge in [0.15, 0.2) is 0 Å². The van der Waals surface area contributed by atoms with Crippen LogP contribution in [0.25, 0.3) is 0 Å². The SMILES string of the molecule is C1CCOC1.COC(=O)c1ccc(N)c(N)c1. The molecule has 0 bridgehead atoms. The number of nitrogens with two attached hydrogens (primary N) is 2. The van der Waals surface area contributed by atoms with Crippen LogP contribution in [-0.4, -0.2) is 26.3 Å². The first kappa shape index (κ1) is 13.3. The van der Waals surface area contributed by atoms with Crippen LogP contribution in [0, 0.1) is 0 Å². The third-order valence-electron chi connectivity index (χ3n) is 2.34. The van der Waals surface area contributed by atoms with Gasteiger partial charge in [-0.3, -0.25) is 0 Å². The molecule has 1 aliphatic heterocycles. The molecule has 5 heteroatoms. The summed E-state index contributed by atoms with van der Waals surface area (Å²) in [5.74, 6) is -0.415. The van der Waals surface area contributed by atoms with E-state index in [1.54, 1.807) is 12.1 Å². The minimum Gasteiger partial charge on any atom is -0.465 e. The van der Waals surface area contributed by atoms with Crippen molar-refractivity contribution in [1.29, 1.82) is 0 Å². The lowest BCUT2D eigenvalue weighted by Crippen LogP contribution is -2.03. The minimum absolute atomic E-state index is 0.387. The molecule has 4 N–H and O–H groups in total. The molecule has 0 radical (unpaired) electrons. The van der Waals surface area contributed by atoms with Gasteiger partial charge in [-0.1, -0.05) is 0 Å². The molecule has 0 aliphatic carbocycles. The number of nitrogen functional groups attached to an aromatic ring is 2. The largest absolute Gasteiger partial charge is 0.465 e. The zero-order valence-corrected chi connectivity index (χ0v) is 9.94. The van der Waals surface area contributed by atoms with Gasteiger partial charge in [-0.05, 0) is 31.0 Å². The van der Waals surface area contributed by atoms with E-state index in [1.807, 2.05) is 0 Å². The molecular formula is C12H18N2O3. The highest BCUT2D eigenvalue weighted by molar-refractivity contribution is 5.91. The van der Waals surface area contributed by atoms with E-state index >= 15 is 0 Å². The Balaban J connectivity index is 0.000000239. The predicted molar refractivity (Wildman–Crippen MR) is 66.7 cm³/mol. The summed E-state index contributed by atoms with van der Waals surface area (Å²) in [5, 5.41) is 0. The van der Waals surface area contributed by atoms with Crippen molar-refractivity contribution < 1.29 is 14.3 Å². The molecule has 0 unspecified atom stereocenters. The molecule has 0 spiro atoms. The molecule has 0 atom stereocenters. The number of esters is 1. The highest BCUT2D eigenvalue weighted by Gasteiger charge is 2.05. The van der Waals surface area contributed by atoms with Gasteiger partial charge in [0.05, 0.1) is 24.0 Å². The second-order valence-corrected chi connectivity index (χ2v) is 3.65. The smallest absolute Gasteiger partial charge is 0.337 e. The van der Waals surface area contributed by atoms with Gasteiger partial charge in [-0.25, -0.2) is 4.79 Å². The second kappa shape index (κ2) is 6.75. The summed E-state index contributed by atoms with van der Waals surface area (Å²) in [6, 6.07) is 4.63. The zero-order chi connectivity index (χ0) is 12.7. The number of anilines is 2. The number of hydrogen-bond donors (Lipinski definition) is 2.